The highest BCUT2D eigenvalue weighted by atomic mass is 19.1. The van der Waals surface area contributed by atoms with E-state index in [1.54, 1.807) is 28.0 Å². The van der Waals surface area contributed by atoms with Gasteiger partial charge in [-0.2, -0.15) is 0 Å². The molecule has 1 N–H and O–H groups in total. The normalized spacial score (nSPS) is 14.8. The van der Waals surface area contributed by atoms with Crippen molar-refractivity contribution in [3.63, 3.8) is 0 Å². The van der Waals surface area contributed by atoms with Crippen molar-refractivity contribution in [2.75, 3.05) is 26.2 Å². The number of nitrogens with one attached hydrogen (secondary N) is 1. The molecule has 6 heteroatoms. The summed E-state index contributed by atoms with van der Waals surface area (Å²) in [6.07, 6.45) is 2.39. The second kappa shape index (κ2) is 8.47. The average molecular weight is 333 g/mol. The van der Waals surface area contributed by atoms with Gasteiger partial charge in [0.2, 0.25) is 5.91 Å². The van der Waals surface area contributed by atoms with Gasteiger partial charge in [0, 0.05) is 38.8 Å². The Morgan fingerprint density at radius 1 is 1.08 bits per heavy atom. The van der Waals surface area contributed by atoms with Crippen LogP contribution in [0.2, 0.25) is 0 Å². The zero-order chi connectivity index (χ0) is 17.5. The lowest BCUT2D eigenvalue weighted by Crippen LogP contribution is -2.42. The quantitative estimate of drug-likeness (QED) is 0.864. The van der Waals surface area contributed by atoms with E-state index >= 15 is 0 Å². The van der Waals surface area contributed by atoms with Crippen LogP contribution in [0.3, 0.4) is 0 Å². The first kappa shape index (κ1) is 18.0. The molecule has 1 aromatic rings. The monoisotopic (exact) mass is 333 g/mol. The second-order valence-electron chi connectivity index (χ2n) is 6.17. The number of halogens is 1. The van der Waals surface area contributed by atoms with Crippen molar-refractivity contribution in [3.05, 3.63) is 47.3 Å². The Hall–Kier alpha value is -2.37. The maximum absolute atomic E-state index is 12.9. The number of urea groups is 1. The van der Waals surface area contributed by atoms with Crippen molar-refractivity contribution in [3.8, 4) is 0 Å². The summed E-state index contributed by atoms with van der Waals surface area (Å²) < 4.78 is 12.9. The van der Waals surface area contributed by atoms with Crippen LogP contribution in [0.1, 0.15) is 25.8 Å². The molecule has 130 valence electrons. The highest BCUT2D eigenvalue weighted by molar-refractivity contribution is 5.88. The van der Waals surface area contributed by atoms with E-state index in [9.17, 15) is 14.0 Å². The van der Waals surface area contributed by atoms with Gasteiger partial charge in [-0.3, -0.25) is 4.79 Å². The van der Waals surface area contributed by atoms with Gasteiger partial charge in [-0.05, 0) is 38.0 Å². The molecule has 1 fully saturated rings. The molecule has 1 aromatic carbocycles. The largest absolute Gasteiger partial charge is 0.337 e. The van der Waals surface area contributed by atoms with Gasteiger partial charge in [0.15, 0.2) is 0 Å². The summed E-state index contributed by atoms with van der Waals surface area (Å²) in [5.74, 6) is -0.290. The van der Waals surface area contributed by atoms with Gasteiger partial charge in [0.1, 0.15) is 5.82 Å². The van der Waals surface area contributed by atoms with E-state index in [1.807, 2.05) is 13.8 Å². The van der Waals surface area contributed by atoms with Crippen LogP contribution in [0, 0.1) is 5.82 Å². The summed E-state index contributed by atoms with van der Waals surface area (Å²) in [6.45, 7) is 6.47. The van der Waals surface area contributed by atoms with E-state index in [1.165, 1.54) is 12.1 Å². The van der Waals surface area contributed by atoms with Crippen LogP contribution in [0.5, 0.6) is 0 Å². The molecule has 0 atom stereocenters. The summed E-state index contributed by atoms with van der Waals surface area (Å²) in [5, 5.41) is 2.84. The highest BCUT2D eigenvalue weighted by Gasteiger charge is 2.20. The lowest BCUT2D eigenvalue weighted by Gasteiger charge is -2.22. The van der Waals surface area contributed by atoms with Gasteiger partial charge in [-0.15, -0.1) is 0 Å². The molecule has 5 nitrogen and oxygen atoms in total. The van der Waals surface area contributed by atoms with Crippen molar-refractivity contribution < 1.29 is 14.0 Å². The fraction of sp³-hybridized carbons (Fsp3) is 0.444. The molecular formula is C18H24FN3O2. The Bertz CT molecular complexity index is 609. The van der Waals surface area contributed by atoms with Crippen LogP contribution in [-0.4, -0.2) is 47.9 Å². The summed E-state index contributed by atoms with van der Waals surface area (Å²) >= 11 is 0. The molecule has 1 heterocycles. The molecule has 0 aromatic heterocycles. The molecule has 0 unspecified atom stereocenters. The Morgan fingerprint density at radius 2 is 1.71 bits per heavy atom. The minimum absolute atomic E-state index is 0.00331. The summed E-state index contributed by atoms with van der Waals surface area (Å²) in [7, 11) is 0. The Labute approximate surface area is 142 Å². The first-order chi connectivity index (χ1) is 11.5. The minimum atomic E-state index is -0.293. The van der Waals surface area contributed by atoms with Crippen molar-refractivity contribution in [1.82, 2.24) is 15.1 Å². The van der Waals surface area contributed by atoms with Gasteiger partial charge in [0.05, 0.1) is 0 Å². The summed E-state index contributed by atoms with van der Waals surface area (Å²) in [5.41, 5.74) is 1.82. The van der Waals surface area contributed by atoms with Gasteiger partial charge in [0.25, 0.3) is 0 Å². The van der Waals surface area contributed by atoms with Gasteiger partial charge in [-0.1, -0.05) is 17.7 Å². The first-order valence-corrected chi connectivity index (χ1v) is 8.17. The van der Waals surface area contributed by atoms with Gasteiger partial charge < -0.3 is 15.1 Å². The zero-order valence-electron chi connectivity index (χ0n) is 14.2. The van der Waals surface area contributed by atoms with Gasteiger partial charge in [-0.25, -0.2) is 9.18 Å². The molecule has 1 saturated heterocycles. The van der Waals surface area contributed by atoms with Crippen LogP contribution in [0.15, 0.2) is 35.9 Å². The molecule has 0 aliphatic carbocycles. The third kappa shape index (κ3) is 5.37. The average Bonchev–Trinajstić information content (AvgIpc) is 2.79. The van der Waals surface area contributed by atoms with Crippen LogP contribution in [0.25, 0.3) is 0 Å². The fourth-order valence-electron chi connectivity index (χ4n) is 2.57. The standard InChI is InChI=1S/C18H24FN3O2/c1-14(2)12-17(23)21-8-3-9-22(11-10-21)18(24)20-13-15-4-6-16(19)7-5-15/h4-7,12H,3,8-11,13H2,1-2H3,(H,20,24). The van der Waals surface area contributed by atoms with E-state index in [0.717, 1.165) is 17.6 Å². The van der Waals surface area contributed by atoms with Crippen LogP contribution < -0.4 is 5.32 Å². The predicted molar refractivity (Wildman–Crippen MR) is 90.8 cm³/mol. The lowest BCUT2D eigenvalue weighted by molar-refractivity contribution is -0.125. The van der Waals surface area contributed by atoms with Crippen LogP contribution in [-0.2, 0) is 11.3 Å². The fourth-order valence-corrected chi connectivity index (χ4v) is 2.57. The number of rotatable bonds is 3. The number of nitrogens with zero attached hydrogens (tertiary/aromatic N) is 2. The Morgan fingerprint density at radius 3 is 2.38 bits per heavy atom. The molecular weight excluding hydrogens is 309 g/mol. The van der Waals surface area contributed by atoms with E-state index in [-0.39, 0.29) is 17.8 Å². The third-order valence-electron chi connectivity index (χ3n) is 3.86. The van der Waals surface area contributed by atoms with Gasteiger partial charge >= 0.3 is 6.03 Å². The summed E-state index contributed by atoms with van der Waals surface area (Å²) in [6, 6.07) is 5.89. The minimum Gasteiger partial charge on any atom is -0.337 e. The van der Waals surface area contributed by atoms with E-state index < -0.39 is 0 Å². The van der Waals surface area contributed by atoms with Crippen molar-refractivity contribution in [2.45, 2.75) is 26.8 Å². The number of benzene rings is 1. The second-order valence-corrected chi connectivity index (χ2v) is 6.17. The molecule has 2 rings (SSSR count). The molecule has 0 radical (unpaired) electrons. The Kier molecular flexibility index (Phi) is 6.35. The number of carbonyl (C=O) groups is 2. The van der Waals surface area contributed by atoms with Crippen LogP contribution >= 0.6 is 0 Å². The zero-order valence-corrected chi connectivity index (χ0v) is 14.2. The SMILES string of the molecule is CC(C)=CC(=O)N1CCCN(C(=O)NCc2ccc(F)cc2)CC1. The first-order valence-electron chi connectivity index (χ1n) is 8.17. The van der Waals surface area contributed by atoms with E-state index in [2.05, 4.69) is 5.32 Å². The summed E-state index contributed by atoms with van der Waals surface area (Å²) in [4.78, 5) is 27.8. The van der Waals surface area contributed by atoms with Crippen molar-refractivity contribution in [2.24, 2.45) is 0 Å². The number of allylic oxidation sites excluding steroid dienone is 1. The number of hydrogen-bond acceptors (Lipinski definition) is 2. The molecule has 1 aliphatic heterocycles. The lowest BCUT2D eigenvalue weighted by atomic mass is 10.2. The molecule has 0 saturated carbocycles. The van der Waals surface area contributed by atoms with Crippen LogP contribution in [0.4, 0.5) is 9.18 Å². The Balaban J connectivity index is 1.84. The third-order valence-corrected chi connectivity index (χ3v) is 3.86. The number of carbonyl (C=O) groups excluding carboxylic acids is 2. The van der Waals surface area contributed by atoms with E-state index in [4.69, 9.17) is 0 Å². The topological polar surface area (TPSA) is 52.7 Å². The maximum Gasteiger partial charge on any atom is 0.317 e. The van der Waals surface area contributed by atoms with Crippen molar-refractivity contribution >= 4 is 11.9 Å². The molecule has 1 aliphatic rings. The predicted octanol–water partition coefficient (Wildman–Crippen LogP) is 2.54. The molecule has 3 amide bonds. The van der Waals surface area contributed by atoms with Crippen molar-refractivity contribution in [1.29, 1.82) is 0 Å². The number of hydrogen-bond donors (Lipinski definition) is 1. The highest BCUT2D eigenvalue weighted by Crippen LogP contribution is 2.07. The van der Waals surface area contributed by atoms with E-state index in [0.29, 0.717) is 32.7 Å². The smallest absolute Gasteiger partial charge is 0.317 e. The molecule has 24 heavy (non-hydrogen) atoms. The maximum atomic E-state index is 12.9. The molecule has 0 spiro atoms. The number of amides is 3. The molecule has 0 bridgehead atoms.